The number of aryl methyl sites for hydroxylation is 1. The van der Waals surface area contributed by atoms with Crippen molar-refractivity contribution >= 4 is 11.5 Å². The van der Waals surface area contributed by atoms with Crippen molar-refractivity contribution in [1.82, 2.24) is 15.1 Å². The van der Waals surface area contributed by atoms with E-state index in [0.29, 0.717) is 6.54 Å². The number of allylic oxidation sites excluding steroid dienone is 4. The predicted octanol–water partition coefficient (Wildman–Crippen LogP) is 4.64. The Morgan fingerprint density at radius 1 is 1.29 bits per heavy atom. The first kappa shape index (κ1) is 19.9. The first-order valence-electron chi connectivity index (χ1n) is 8.93. The van der Waals surface area contributed by atoms with Crippen molar-refractivity contribution in [1.29, 1.82) is 0 Å². The monoisotopic (exact) mass is 389 g/mol. The summed E-state index contributed by atoms with van der Waals surface area (Å²) in [6, 6.07) is 9.52. The molecule has 1 amide bonds. The fraction of sp³-hybridized carbons (Fsp3) is 0.333. The van der Waals surface area contributed by atoms with Crippen molar-refractivity contribution in [2.75, 3.05) is 0 Å². The summed E-state index contributed by atoms with van der Waals surface area (Å²) in [5.74, 6) is -0.0890. The maximum absolute atomic E-state index is 13.2. The SMILES string of the molecule is CC(=O)NCc1ccc(-c2cc(C3=CCC(C)(C(F)(F)F)C=C3)n(C)n2)cc1. The van der Waals surface area contributed by atoms with Gasteiger partial charge in [-0.3, -0.25) is 9.48 Å². The van der Waals surface area contributed by atoms with Crippen molar-refractivity contribution in [3.63, 3.8) is 0 Å². The number of rotatable bonds is 4. The molecular weight excluding hydrogens is 367 g/mol. The van der Waals surface area contributed by atoms with Crippen LogP contribution in [-0.4, -0.2) is 21.9 Å². The lowest BCUT2D eigenvalue weighted by atomic mass is 9.81. The van der Waals surface area contributed by atoms with E-state index in [9.17, 15) is 18.0 Å². The molecule has 1 aromatic heterocycles. The maximum Gasteiger partial charge on any atom is 0.397 e. The summed E-state index contributed by atoms with van der Waals surface area (Å²) >= 11 is 0. The second-order valence-electron chi connectivity index (χ2n) is 7.26. The van der Waals surface area contributed by atoms with E-state index in [0.717, 1.165) is 28.1 Å². The van der Waals surface area contributed by atoms with Gasteiger partial charge in [-0.1, -0.05) is 42.5 Å². The number of alkyl halides is 3. The predicted molar refractivity (Wildman–Crippen MR) is 102 cm³/mol. The molecule has 1 atom stereocenters. The molecule has 1 aliphatic carbocycles. The first-order chi connectivity index (χ1) is 13.1. The Bertz CT molecular complexity index is 939. The van der Waals surface area contributed by atoms with Gasteiger partial charge in [-0.05, 0) is 30.5 Å². The second-order valence-corrected chi connectivity index (χ2v) is 7.26. The summed E-state index contributed by atoms with van der Waals surface area (Å²) in [4.78, 5) is 11.0. The highest BCUT2D eigenvalue weighted by molar-refractivity contribution is 5.76. The standard InChI is InChI=1S/C21H22F3N3O/c1-14(28)25-13-15-4-6-16(7-5-15)18-12-19(27(3)26-18)17-8-10-20(2,11-9-17)21(22,23)24/h4-10,12H,11,13H2,1-3H3,(H,25,28). The number of halogens is 3. The Balaban J connectivity index is 1.79. The van der Waals surface area contributed by atoms with Crippen molar-refractivity contribution in [3.05, 3.63) is 59.8 Å². The number of nitrogens with one attached hydrogen (secondary N) is 1. The molecule has 0 spiro atoms. The normalized spacial score (nSPS) is 19.4. The van der Waals surface area contributed by atoms with Crippen LogP contribution in [0, 0.1) is 5.41 Å². The van der Waals surface area contributed by atoms with Crippen molar-refractivity contribution in [3.8, 4) is 11.3 Å². The Kier molecular flexibility index (Phi) is 5.19. The van der Waals surface area contributed by atoms with Crippen LogP contribution in [-0.2, 0) is 18.4 Å². The van der Waals surface area contributed by atoms with E-state index >= 15 is 0 Å². The Morgan fingerprint density at radius 3 is 2.50 bits per heavy atom. The molecule has 2 aromatic rings. The van der Waals surface area contributed by atoms with Gasteiger partial charge in [0.25, 0.3) is 0 Å². The topological polar surface area (TPSA) is 46.9 Å². The number of amides is 1. The summed E-state index contributed by atoms with van der Waals surface area (Å²) in [6.07, 6.45) is -0.00617. The number of nitrogens with zero attached hydrogens (tertiary/aromatic N) is 2. The molecule has 1 aromatic carbocycles. The molecule has 148 valence electrons. The van der Waals surface area contributed by atoms with Crippen LogP contribution in [0.4, 0.5) is 13.2 Å². The van der Waals surface area contributed by atoms with Gasteiger partial charge in [-0.25, -0.2) is 0 Å². The first-order valence-corrected chi connectivity index (χ1v) is 8.93. The number of hydrogen-bond acceptors (Lipinski definition) is 2. The molecular formula is C21H22F3N3O. The Hall–Kier alpha value is -2.83. The van der Waals surface area contributed by atoms with E-state index in [2.05, 4.69) is 10.4 Å². The van der Waals surface area contributed by atoms with Gasteiger partial charge < -0.3 is 5.32 Å². The summed E-state index contributed by atoms with van der Waals surface area (Å²) in [5, 5.41) is 7.24. The molecule has 0 radical (unpaired) electrons. The highest BCUT2D eigenvalue weighted by Gasteiger charge is 2.49. The number of carbonyl (C=O) groups is 1. The Morgan fingerprint density at radius 2 is 1.96 bits per heavy atom. The van der Waals surface area contributed by atoms with Crippen LogP contribution in [0.2, 0.25) is 0 Å². The third kappa shape index (κ3) is 4.03. The average molecular weight is 389 g/mol. The lowest BCUT2D eigenvalue weighted by Gasteiger charge is -2.30. The van der Waals surface area contributed by atoms with E-state index in [1.807, 2.05) is 30.3 Å². The Labute approximate surface area is 161 Å². The fourth-order valence-corrected chi connectivity index (χ4v) is 3.03. The molecule has 0 saturated heterocycles. The van der Waals surface area contributed by atoms with Gasteiger partial charge in [0.15, 0.2) is 0 Å². The maximum atomic E-state index is 13.2. The molecule has 7 heteroatoms. The summed E-state index contributed by atoms with van der Waals surface area (Å²) < 4.78 is 41.2. The zero-order valence-electron chi connectivity index (χ0n) is 16.0. The number of carbonyl (C=O) groups excluding carboxylic acids is 1. The number of aromatic nitrogens is 2. The van der Waals surface area contributed by atoms with E-state index in [1.54, 1.807) is 17.8 Å². The minimum atomic E-state index is -4.28. The molecule has 1 unspecified atom stereocenters. The molecule has 0 bridgehead atoms. The zero-order valence-corrected chi connectivity index (χ0v) is 16.0. The summed E-state index contributed by atoms with van der Waals surface area (Å²) in [7, 11) is 1.77. The van der Waals surface area contributed by atoms with Gasteiger partial charge in [0, 0.05) is 26.1 Å². The van der Waals surface area contributed by atoms with Gasteiger partial charge >= 0.3 is 6.18 Å². The summed E-state index contributed by atoms with van der Waals surface area (Å²) in [5.41, 5.74) is 2.26. The smallest absolute Gasteiger partial charge is 0.352 e. The molecule has 4 nitrogen and oxygen atoms in total. The largest absolute Gasteiger partial charge is 0.397 e. The summed E-state index contributed by atoms with van der Waals surface area (Å²) in [6.45, 7) is 3.13. The lowest BCUT2D eigenvalue weighted by Crippen LogP contribution is -2.33. The molecule has 28 heavy (non-hydrogen) atoms. The van der Waals surface area contributed by atoms with E-state index < -0.39 is 11.6 Å². The lowest BCUT2D eigenvalue weighted by molar-refractivity contribution is -0.199. The van der Waals surface area contributed by atoms with E-state index in [4.69, 9.17) is 0 Å². The molecule has 1 N–H and O–H groups in total. The van der Waals surface area contributed by atoms with Gasteiger partial charge in [0.05, 0.1) is 16.8 Å². The number of benzene rings is 1. The van der Waals surface area contributed by atoms with Crippen LogP contribution >= 0.6 is 0 Å². The van der Waals surface area contributed by atoms with Gasteiger partial charge in [-0.15, -0.1) is 0 Å². The quantitative estimate of drug-likeness (QED) is 0.828. The third-order valence-corrected chi connectivity index (χ3v) is 4.99. The third-order valence-electron chi connectivity index (χ3n) is 4.99. The van der Waals surface area contributed by atoms with Gasteiger partial charge in [0.2, 0.25) is 5.91 Å². The van der Waals surface area contributed by atoms with Gasteiger partial charge in [-0.2, -0.15) is 18.3 Å². The fourth-order valence-electron chi connectivity index (χ4n) is 3.03. The number of hydrogen-bond donors (Lipinski definition) is 1. The van der Waals surface area contributed by atoms with E-state index in [-0.39, 0.29) is 12.3 Å². The van der Waals surface area contributed by atoms with Crippen LogP contribution < -0.4 is 5.32 Å². The molecule has 0 saturated carbocycles. The van der Waals surface area contributed by atoms with Crippen LogP contribution in [0.25, 0.3) is 16.8 Å². The van der Waals surface area contributed by atoms with Gasteiger partial charge in [0.1, 0.15) is 0 Å². The van der Waals surface area contributed by atoms with Crippen molar-refractivity contribution < 1.29 is 18.0 Å². The van der Waals surface area contributed by atoms with Crippen LogP contribution in [0.5, 0.6) is 0 Å². The highest BCUT2D eigenvalue weighted by atomic mass is 19.4. The van der Waals surface area contributed by atoms with E-state index in [1.165, 1.54) is 26.0 Å². The van der Waals surface area contributed by atoms with Crippen molar-refractivity contribution in [2.45, 2.75) is 33.0 Å². The molecule has 1 heterocycles. The molecule has 0 fully saturated rings. The molecule has 1 aliphatic rings. The minimum Gasteiger partial charge on any atom is -0.352 e. The zero-order chi connectivity index (χ0) is 20.5. The highest BCUT2D eigenvalue weighted by Crippen LogP contribution is 2.45. The van der Waals surface area contributed by atoms with Crippen LogP contribution in [0.15, 0.2) is 48.6 Å². The minimum absolute atomic E-state index is 0.0890. The van der Waals surface area contributed by atoms with Crippen molar-refractivity contribution in [2.24, 2.45) is 12.5 Å². The average Bonchev–Trinajstić information content (AvgIpc) is 3.02. The molecule has 0 aliphatic heterocycles. The van der Waals surface area contributed by atoms with Crippen LogP contribution in [0.1, 0.15) is 31.5 Å². The second kappa shape index (κ2) is 7.30. The van der Waals surface area contributed by atoms with Crippen LogP contribution in [0.3, 0.4) is 0 Å². The molecule has 3 rings (SSSR count).